The highest BCUT2D eigenvalue weighted by Crippen LogP contribution is 2.38. The number of carbonyl (C=O) groups excluding carboxylic acids is 1. The fourth-order valence-electron chi connectivity index (χ4n) is 3.02. The maximum atomic E-state index is 12.5. The van der Waals surface area contributed by atoms with Crippen LogP contribution in [0.25, 0.3) is 0 Å². The molecule has 0 bridgehead atoms. The summed E-state index contributed by atoms with van der Waals surface area (Å²) in [4.78, 5) is 12.5. The topological polar surface area (TPSA) is 72.9 Å². The zero-order valence-corrected chi connectivity index (χ0v) is 12.8. The van der Waals surface area contributed by atoms with Crippen LogP contribution in [0.5, 0.6) is 0 Å². The summed E-state index contributed by atoms with van der Waals surface area (Å²) in [6.45, 7) is 5.19. The summed E-state index contributed by atoms with van der Waals surface area (Å²) in [7, 11) is 1.89. The summed E-state index contributed by atoms with van der Waals surface area (Å²) in [5.41, 5.74) is 7.58. The van der Waals surface area contributed by atoms with E-state index in [0.29, 0.717) is 19.0 Å². The number of amides is 1. The van der Waals surface area contributed by atoms with E-state index in [-0.39, 0.29) is 11.3 Å². The molecule has 0 aliphatic heterocycles. The quantitative estimate of drug-likeness (QED) is 0.876. The van der Waals surface area contributed by atoms with E-state index in [2.05, 4.69) is 17.3 Å². The molecule has 0 atom stereocenters. The Morgan fingerprint density at radius 2 is 2.20 bits per heavy atom. The summed E-state index contributed by atoms with van der Waals surface area (Å²) >= 11 is 0. The van der Waals surface area contributed by atoms with Crippen molar-refractivity contribution >= 4 is 5.91 Å². The second kappa shape index (κ2) is 5.95. The molecule has 1 aromatic rings. The number of nitrogens with zero attached hydrogens (tertiary/aromatic N) is 2. The number of rotatable bonds is 4. The largest absolute Gasteiger partial charge is 0.351 e. The minimum atomic E-state index is -0.359. The van der Waals surface area contributed by atoms with Crippen LogP contribution in [0.1, 0.15) is 43.9 Å². The molecule has 1 aromatic heterocycles. The van der Waals surface area contributed by atoms with Crippen LogP contribution in [0.15, 0.2) is 6.20 Å². The predicted molar refractivity (Wildman–Crippen MR) is 78.9 cm³/mol. The van der Waals surface area contributed by atoms with Crippen molar-refractivity contribution in [1.82, 2.24) is 15.1 Å². The number of nitrogens with two attached hydrogens (primary N) is 1. The van der Waals surface area contributed by atoms with Crippen molar-refractivity contribution in [2.45, 2.75) is 46.1 Å². The normalized spacial score (nSPS) is 26.5. The van der Waals surface area contributed by atoms with E-state index in [4.69, 9.17) is 5.73 Å². The average Bonchev–Trinajstić information content (AvgIpc) is 2.75. The zero-order chi connectivity index (χ0) is 14.8. The third kappa shape index (κ3) is 3.03. The van der Waals surface area contributed by atoms with Crippen LogP contribution in [0.2, 0.25) is 0 Å². The first-order chi connectivity index (χ1) is 9.47. The third-order valence-corrected chi connectivity index (χ3v) is 4.66. The fraction of sp³-hybridized carbons (Fsp3) is 0.733. The molecule has 20 heavy (non-hydrogen) atoms. The number of aromatic nitrogens is 2. The highest BCUT2D eigenvalue weighted by Gasteiger charge is 2.39. The van der Waals surface area contributed by atoms with Gasteiger partial charge in [0.1, 0.15) is 0 Å². The van der Waals surface area contributed by atoms with Crippen molar-refractivity contribution in [3.8, 4) is 0 Å². The van der Waals surface area contributed by atoms with Crippen LogP contribution in [0.3, 0.4) is 0 Å². The smallest absolute Gasteiger partial charge is 0.227 e. The number of hydrogen-bond acceptors (Lipinski definition) is 3. The lowest BCUT2D eigenvalue weighted by Gasteiger charge is -2.37. The maximum Gasteiger partial charge on any atom is 0.227 e. The van der Waals surface area contributed by atoms with Gasteiger partial charge < -0.3 is 11.1 Å². The van der Waals surface area contributed by atoms with Crippen molar-refractivity contribution < 1.29 is 4.79 Å². The van der Waals surface area contributed by atoms with Gasteiger partial charge in [0, 0.05) is 31.9 Å². The molecule has 1 heterocycles. The molecular formula is C15H26N4O. The van der Waals surface area contributed by atoms with E-state index in [0.717, 1.165) is 36.9 Å². The highest BCUT2D eigenvalue weighted by atomic mass is 16.2. The molecule has 112 valence electrons. The minimum absolute atomic E-state index is 0.107. The van der Waals surface area contributed by atoms with Crippen LogP contribution >= 0.6 is 0 Å². The summed E-state index contributed by atoms with van der Waals surface area (Å²) in [6.07, 6.45) is 5.95. The molecule has 0 unspecified atom stereocenters. The van der Waals surface area contributed by atoms with E-state index >= 15 is 0 Å². The van der Waals surface area contributed by atoms with Crippen LogP contribution in [-0.2, 0) is 18.4 Å². The van der Waals surface area contributed by atoms with Crippen LogP contribution in [0.4, 0.5) is 0 Å². The lowest BCUT2D eigenvalue weighted by atomic mass is 9.70. The molecule has 1 saturated carbocycles. The molecule has 1 amide bonds. The Balaban J connectivity index is 1.98. The van der Waals surface area contributed by atoms with Crippen molar-refractivity contribution in [1.29, 1.82) is 0 Å². The molecule has 1 fully saturated rings. The van der Waals surface area contributed by atoms with Crippen LogP contribution in [0, 0.1) is 18.3 Å². The SMILES string of the molecule is Cc1nn(C)cc1CNC(=O)C1(CN)CCC(C)CC1. The van der Waals surface area contributed by atoms with Gasteiger partial charge in [-0.25, -0.2) is 0 Å². The van der Waals surface area contributed by atoms with Crippen molar-refractivity contribution in [2.75, 3.05) is 6.54 Å². The Morgan fingerprint density at radius 1 is 1.55 bits per heavy atom. The van der Waals surface area contributed by atoms with Gasteiger partial charge in [-0.1, -0.05) is 6.92 Å². The molecule has 3 N–H and O–H groups in total. The van der Waals surface area contributed by atoms with Gasteiger partial charge in [0.05, 0.1) is 11.1 Å². The van der Waals surface area contributed by atoms with Gasteiger partial charge in [-0.15, -0.1) is 0 Å². The highest BCUT2D eigenvalue weighted by molar-refractivity contribution is 5.83. The first-order valence-corrected chi connectivity index (χ1v) is 7.44. The molecular weight excluding hydrogens is 252 g/mol. The van der Waals surface area contributed by atoms with Crippen molar-refractivity contribution in [3.05, 3.63) is 17.5 Å². The van der Waals surface area contributed by atoms with Gasteiger partial charge in [-0.2, -0.15) is 5.10 Å². The van der Waals surface area contributed by atoms with Crippen molar-refractivity contribution in [2.24, 2.45) is 24.1 Å². The van der Waals surface area contributed by atoms with Crippen LogP contribution in [-0.4, -0.2) is 22.2 Å². The van der Waals surface area contributed by atoms with E-state index < -0.39 is 0 Å². The maximum absolute atomic E-state index is 12.5. The lowest BCUT2D eigenvalue weighted by molar-refractivity contribution is -0.133. The standard InChI is InChI=1S/C15H26N4O/c1-11-4-6-15(10-16,7-5-11)14(20)17-8-13-9-19(3)18-12(13)2/h9,11H,4-8,10,16H2,1-3H3,(H,17,20). The molecule has 5 nitrogen and oxygen atoms in total. The summed E-state index contributed by atoms with van der Waals surface area (Å²) in [5.74, 6) is 0.818. The van der Waals surface area contributed by atoms with Gasteiger partial charge in [0.15, 0.2) is 0 Å². The Morgan fingerprint density at radius 3 is 2.70 bits per heavy atom. The van der Waals surface area contributed by atoms with E-state index in [1.165, 1.54) is 0 Å². The summed E-state index contributed by atoms with van der Waals surface area (Å²) in [5, 5.41) is 7.35. The van der Waals surface area contributed by atoms with Gasteiger partial charge in [-0.3, -0.25) is 9.48 Å². The predicted octanol–water partition coefficient (Wildman–Crippen LogP) is 1.50. The Bertz CT molecular complexity index is 472. The van der Waals surface area contributed by atoms with Gasteiger partial charge in [-0.05, 0) is 38.5 Å². The number of nitrogens with one attached hydrogen (secondary N) is 1. The first-order valence-electron chi connectivity index (χ1n) is 7.44. The van der Waals surface area contributed by atoms with E-state index in [9.17, 15) is 4.79 Å². The Kier molecular flexibility index (Phi) is 4.48. The minimum Gasteiger partial charge on any atom is -0.351 e. The van der Waals surface area contributed by atoms with Gasteiger partial charge in [0.25, 0.3) is 0 Å². The zero-order valence-electron chi connectivity index (χ0n) is 12.8. The van der Waals surface area contributed by atoms with Crippen molar-refractivity contribution in [3.63, 3.8) is 0 Å². The second-order valence-corrected chi connectivity index (χ2v) is 6.26. The van der Waals surface area contributed by atoms with E-state index in [1.54, 1.807) is 4.68 Å². The fourth-order valence-corrected chi connectivity index (χ4v) is 3.02. The molecule has 0 radical (unpaired) electrons. The number of carbonyl (C=O) groups is 1. The van der Waals surface area contributed by atoms with Crippen LogP contribution < -0.4 is 11.1 Å². The average molecular weight is 278 g/mol. The Hall–Kier alpha value is -1.36. The second-order valence-electron chi connectivity index (χ2n) is 6.26. The molecule has 2 rings (SSSR count). The van der Waals surface area contributed by atoms with Gasteiger partial charge in [0.2, 0.25) is 5.91 Å². The molecule has 5 heteroatoms. The molecule has 1 aliphatic rings. The number of aryl methyl sites for hydroxylation is 2. The Labute approximate surface area is 120 Å². The monoisotopic (exact) mass is 278 g/mol. The third-order valence-electron chi connectivity index (χ3n) is 4.66. The summed E-state index contributed by atoms with van der Waals surface area (Å²) in [6, 6.07) is 0. The van der Waals surface area contributed by atoms with E-state index in [1.807, 2.05) is 20.2 Å². The molecule has 1 aliphatic carbocycles. The number of hydrogen-bond donors (Lipinski definition) is 2. The summed E-state index contributed by atoms with van der Waals surface area (Å²) < 4.78 is 1.78. The molecule has 0 saturated heterocycles. The molecule has 0 aromatic carbocycles. The lowest BCUT2D eigenvalue weighted by Crippen LogP contribution is -2.47. The van der Waals surface area contributed by atoms with Gasteiger partial charge >= 0.3 is 0 Å². The molecule has 0 spiro atoms. The first kappa shape index (κ1) is 15.0.